The van der Waals surface area contributed by atoms with E-state index < -0.39 is 24.2 Å². The third-order valence-electron chi connectivity index (χ3n) is 3.27. The lowest BCUT2D eigenvalue weighted by molar-refractivity contribution is -0.0561. The average molecular weight is 282 g/mol. The summed E-state index contributed by atoms with van der Waals surface area (Å²) in [6.45, 7) is -0.494. The molecule has 1 aromatic rings. The number of rotatable bonds is 2. The molecule has 1 saturated heterocycles. The van der Waals surface area contributed by atoms with Gasteiger partial charge in [-0.2, -0.15) is 0 Å². The van der Waals surface area contributed by atoms with Crippen LogP contribution in [0.25, 0.3) is 0 Å². The van der Waals surface area contributed by atoms with Gasteiger partial charge in [0, 0.05) is 20.0 Å². The number of halogens is 3. The molecule has 2 radical (unpaired) electrons. The number of nitrogens with zero attached hydrogens (tertiary/aromatic N) is 1. The Morgan fingerprint density at radius 2 is 2.15 bits per heavy atom. The van der Waals surface area contributed by atoms with Gasteiger partial charge in [-0.05, 0) is 12.5 Å². The van der Waals surface area contributed by atoms with Crippen LogP contribution < -0.4 is 10.8 Å². The topological polar surface area (TPSA) is 32.3 Å². The van der Waals surface area contributed by atoms with Crippen molar-refractivity contribution in [2.24, 2.45) is 0 Å². The molecule has 0 spiro atoms. The highest BCUT2D eigenvalue weighted by Gasteiger charge is 2.37. The quantitative estimate of drug-likeness (QED) is 0.834. The zero-order valence-electron chi connectivity index (χ0n) is 11.0. The summed E-state index contributed by atoms with van der Waals surface area (Å²) < 4.78 is 40.8. The third kappa shape index (κ3) is 2.91. The van der Waals surface area contributed by atoms with E-state index in [1.165, 1.54) is 19.2 Å². The molecule has 0 aliphatic carbocycles. The highest BCUT2D eigenvalue weighted by atomic mass is 19.3. The van der Waals surface area contributed by atoms with Crippen molar-refractivity contribution in [2.75, 3.05) is 25.5 Å². The second kappa shape index (κ2) is 5.38. The van der Waals surface area contributed by atoms with Crippen LogP contribution >= 0.6 is 0 Å². The van der Waals surface area contributed by atoms with Gasteiger partial charge in [-0.15, -0.1) is 0 Å². The number of benzene rings is 1. The van der Waals surface area contributed by atoms with E-state index >= 15 is 0 Å². The third-order valence-corrected chi connectivity index (χ3v) is 3.27. The Bertz CT molecular complexity index is 537. The van der Waals surface area contributed by atoms with Crippen LogP contribution in [-0.4, -0.2) is 44.7 Å². The van der Waals surface area contributed by atoms with Crippen LogP contribution in [0.1, 0.15) is 23.2 Å². The largest absolute Gasteiger partial charge is 0.386 e. The number of amides is 1. The van der Waals surface area contributed by atoms with Crippen molar-refractivity contribution in [1.29, 1.82) is 0 Å². The Kier molecular flexibility index (Phi) is 3.97. The molecule has 1 amide bonds. The fourth-order valence-electron chi connectivity index (χ4n) is 2.29. The van der Waals surface area contributed by atoms with Gasteiger partial charge >= 0.3 is 0 Å². The van der Waals surface area contributed by atoms with Gasteiger partial charge in [0.2, 0.25) is 0 Å². The molecule has 106 valence electrons. The summed E-state index contributed by atoms with van der Waals surface area (Å²) in [6.07, 6.45) is -0.0560. The molecule has 1 aliphatic rings. The van der Waals surface area contributed by atoms with Crippen molar-refractivity contribution in [3.05, 3.63) is 23.5 Å². The Morgan fingerprint density at radius 1 is 1.45 bits per heavy atom. The highest BCUT2D eigenvalue weighted by molar-refractivity contribution is 6.33. The van der Waals surface area contributed by atoms with Crippen molar-refractivity contribution in [3.8, 4) is 0 Å². The minimum atomic E-state index is -2.92. The average Bonchev–Trinajstić information content (AvgIpc) is 2.39. The number of piperidine rings is 1. The SMILES string of the molecule is [B]c1cc(NC)c(F)c(C(=O)N2CCCC(F)(F)C2)c1. The molecule has 1 aliphatic heterocycles. The van der Waals surface area contributed by atoms with Crippen molar-refractivity contribution in [1.82, 2.24) is 4.90 Å². The van der Waals surface area contributed by atoms with Gasteiger partial charge in [-0.3, -0.25) is 4.79 Å². The fraction of sp³-hybridized carbons (Fsp3) is 0.462. The molecule has 2 rings (SSSR count). The van der Waals surface area contributed by atoms with Crippen molar-refractivity contribution >= 4 is 24.9 Å². The fourth-order valence-corrected chi connectivity index (χ4v) is 2.29. The number of carbonyl (C=O) groups excluding carboxylic acids is 1. The van der Waals surface area contributed by atoms with Crippen molar-refractivity contribution in [2.45, 2.75) is 18.8 Å². The van der Waals surface area contributed by atoms with Crippen LogP contribution in [0.3, 0.4) is 0 Å². The maximum absolute atomic E-state index is 14.1. The van der Waals surface area contributed by atoms with E-state index in [0.717, 1.165) is 4.90 Å². The summed E-state index contributed by atoms with van der Waals surface area (Å²) in [5, 5.41) is 2.58. The highest BCUT2D eigenvalue weighted by Crippen LogP contribution is 2.28. The van der Waals surface area contributed by atoms with Gasteiger partial charge in [0.15, 0.2) is 5.82 Å². The smallest absolute Gasteiger partial charge is 0.265 e. The zero-order chi connectivity index (χ0) is 14.9. The Balaban J connectivity index is 2.31. The van der Waals surface area contributed by atoms with Crippen LogP contribution in [0, 0.1) is 5.82 Å². The zero-order valence-corrected chi connectivity index (χ0v) is 11.0. The lowest BCUT2D eigenvalue weighted by Gasteiger charge is -2.32. The molecule has 1 aromatic carbocycles. The molecule has 20 heavy (non-hydrogen) atoms. The van der Waals surface area contributed by atoms with Gasteiger partial charge < -0.3 is 10.2 Å². The van der Waals surface area contributed by atoms with Gasteiger partial charge in [-0.25, -0.2) is 13.2 Å². The van der Waals surface area contributed by atoms with Crippen LogP contribution in [-0.2, 0) is 0 Å². The molecule has 0 saturated carbocycles. The first-order chi connectivity index (χ1) is 9.34. The van der Waals surface area contributed by atoms with Crippen molar-refractivity contribution < 1.29 is 18.0 Å². The predicted octanol–water partition coefficient (Wildman–Crippen LogP) is 1.53. The van der Waals surface area contributed by atoms with E-state index in [0.29, 0.717) is 0 Å². The van der Waals surface area contributed by atoms with E-state index in [9.17, 15) is 18.0 Å². The van der Waals surface area contributed by atoms with E-state index in [-0.39, 0.29) is 36.1 Å². The minimum absolute atomic E-state index is 0.0668. The summed E-state index contributed by atoms with van der Waals surface area (Å²) in [6, 6.07) is 2.52. The molecule has 0 aromatic heterocycles. The first kappa shape index (κ1) is 14.7. The van der Waals surface area contributed by atoms with Crippen LogP contribution in [0.2, 0.25) is 0 Å². The summed E-state index contributed by atoms with van der Waals surface area (Å²) in [5.41, 5.74) is -0.0213. The lowest BCUT2D eigenvalue weighted by Crippen LogP contribution is -2.46. The summed E-state index contributed by atoms with van der Waals surface area (Å²) in [5.74, 6) is -4.46. The molecule has 1 fully saturated rings. The Hall–Kier alpha value is -1.66. The summed E-state index contributed by atoms with van der Waals surface area (Å²) in [7, 11) is 7.09. The summed E-state index contributed by atoms with van der Waals surface area (Å²) in [4.78, 5) is 13.2. The number of likely N-dealkylation sites (tertiary alicyclic amines) is 1. The minimum Gasteiger partial charge on any atom is -0.386 e. The molecule has 0 bridgehead atoms. The number of nitrogens with one attached hydrogen (secondary N) is 1. The van der Waals surface area contributed by atoms with E-state index in [1.54, 1.807) is 0 Å². The standard InChI is InChI=1S/C13H14BF3N2O/c1-18-10-6-8(14)5-9(11(10)15)12(20)19-4-2-3-13(16,17)7-19/h5-6,18H,2-4,7H2,1H3. The molecular weight excluding hydrogens is 268 g/mol. The number of carbonyl (C=O) groups is 1. The molecular formula is C13H14BF3N2O. The second-order valence-corrected chi connectivity index (χ2v) is 4.87. The van der Waals surface area contributed by atoms with Gasteiger partial charge in [0.25, 0.3) is 11.8 Å². The normalized spacial score (nSPS) is 17.9. The molecule has 3 nitrogen and oxygen atoms in total. The molecule has 0 unspecified atom stereocenters. The number of hydrogen-bond donors (Lipinski definition) is 1. The maximum Gasteiger partial charge on any atom is 0.265 e. The second-order valence-electron chi connectivity index (χ2n) is 4.87. The van der Waals surface area contributed by atoms with Gasteiger partial charge in [0.1, 0.15) is 7.85 Å². The van der Waals surface area contributed by atoms with Gasteiger partial charge in [-0.1, -0.05) is 11.5 Å². The molecule has 1 N–H and O–H groups in total. The first-order valence-electron chi connectivity index (χ1n) is 6.28. The lowest BCUT2D eigenvalue weighted by atomic mass is 9.92. The Morgan fingerprint density at radius 3 is 2.75 bits per heavy atom. The van der Waals surface area contributed by atoms with E-state index in [4.69, 9.17) is 7.85 Å². The monoisotopic (exact) mass is 282 g/mol. The number of alkyl halides is 2. The molecule has 0 atom stereocenters. The number of hydrogen-bond acceptors (Lipinski definition) is 2. The van der Waals surface area contributed by atoms with Crippen molar-refractivity contribution in [3.63, 3.8) is 0 Å². The van der Waals surface area contributed by atoms with Crippen LogP contribution in [0.15, 0.2) is 12.1 Å². The number of anilines is 1. The van der Waals surface area contributed by atoms with E-state index in [2.05, 4.69) is 5.32 Å². The maximum atomic E-state index is 14.1. The first-order valence-corrected chi connectivity index (χ1v) is 6.28. The summed E-state index contributed by atoms with van der Waals surface area (Å²) >= 11 is 0. The molecule has 7 heteroatoms. The van der Waals surface area contributed by atoms with Crippen LogP contribution in [0.5, 0.6) is 0 Å². The Labute approximate surface area is 116 Å². The predicted molar refractivity (Wildman–Crippen MR) is 71.4 cm³/mol. The van der Waals surface area contributed by atoms with Crippen LogP contribution in [0.4, 0.5) is 18.9 Å². The molecule has 1 heterocycles. The van der Waals surface area contributed by atoms with E-state index in [1.807, 2.05) is 0 Å². The van der Waals surface area contributed by atoms with Gasteiger partial charge in [0.05, 0.1) is 17.8 Å².